The minimum atomic E-state index is -1.30. The zero-order valence-electron chi connectivity index (χ0n) is 10.3. The van der Waals surface area contributed by atoms with E-state index in [1.54, 1.807) is 19.4 Å². The normalized spacial score (nSPS) is 10.5. The standard InChI is InChI=1S/C13H12F3N3/c1-19(7-4-9-2-5-17-6-3-9)13-11(15)8-10(14)12(16)18-13/h2-3,5-6,8H,4,7H2,1H3. The van der Waals surface area contributed by atoms with Gasteiger partial charge in [0.2, 0.25) is 0 Å². The van der Waals surface area contributed by atoms with Crippen molar-refractivity contribution in [2.75, 3.05) is 18.5 Å². The summed E-state index contributed by atoms with van der Waals surface area (Å²) in [7, 11) is 1.57. The molecule has 0 N–H and O–H groups in total. The number of pyridine rings is 2. The van der Waals surface area contributed by atoms with Crippen molar-refractivity contribution in [3.63, 3.8) is 0 Å². The molecule has 0 aromatic carbocycles. The van der Waals surface area contributed by atoms with E-state index in [0.717, 1.165) is 5.56 Å². The summed E-state index contributed by atoms with van der Waals surface area (Å²) in [6.07, 6.45) is 3.94. The molecule has 2 heterocycles. The molecule has 2 aromatic rings. The summed E-state index contributed by atoms with van der Waals surface area (Å²) in [4.78, 5) is 8.61. The van der Waals surface area contributed by atoms with Gasteiger partial charge in [-0.25, -0.2) is 8.78 Å². The van der Waals surface area contributed by atoms with Gasteiger partial charge in [-0.2, -0.15) is 9.37 Å². The second-order valence-electron chi connectivity index (χ2n) is 4.09. The van der Waals surface area contributed by atoms with Crippen LogP contribution < -0.4 is 4.90 Å². The summed E-state index contributed by atoms with van der Waals surface area (Å²) in [6, 6.07) is 4.17. The molecule has 2 rings (SSSR count). The minimum absolute atomic E-state index is 0.201. The van der Waals surface area contributed by atoms with E-state index in [1.807, 2.05) is 12.1 Å². The minimum Gasteiger partial charge on any atom is -0.357 e. The summed E-state index contributed by atoms with van der Waals surface area (Å²) in [5.41, 5.74) is 1.02. The lowest BCUT2D eigenvalue weighted by molar-refractivity contribution is 0.463. The SMILES string of the molecule is CN(CCc1ccncc1)c1nc(F)c(F)cc1F. The van der Waals surface area contributed by atoms with Gasteiger partial charge in [0.1, 0.15) is 0 Å². The van der Waals surface area contributed by atoms with Gasteiger partial charge in [-0.3, -0.25) is 4.98 Å². The molecule has 0 saturated carbocycles. The summed E-state index contributed by atoms with van der Waals surface area (Å²) >= 11 is 0. The van der Waals surface area contributed by atoms with Crippen LogP contribution in [0, 0.1) is 17.6 Å². The molecule has 6 heteroatoms. The lowest BCUT2D eigenvalue weighted by atomic mass is 10.2. The second kappa shape index (κ2) is 5.69. The van der Waals surface area contributed by atoms with Crippen molar-refractivity contribution in [3.05, 3.63) is 53.7 Å². The quantitative estimate of drug-likeness (QED) is 0.797. The van der Waals surface area contributed by atoms with E-state index in [9.17, 15) is 13.2 Å². The Morgan fingerprint density at radius 1 is 1.11 bits per heavy atom. The molecule has 0 aliphatic heterocycles. The monoisotopic (exact) mass is 267 g/mol. The molecule has 19 heavy (non-hydrogen) atoms. The summed E-state index contributed by atoms with van der Waals surface area (Å²) in [6.45, 7) is 0.430. The van der Waals surface area contributed by atoms with E-state index in [1.165, 1.54) is 4.90 Å². The molecular weight excluding hydrogens is 255 g/mol. The number of nitrogens with zero attached hydrogens (tertiary/aromatic N) is 3. The molecule has 0 amide bonds. The van der Waals surface area contributed by atoms with E-state index in [2.05, 4.69) is 9.97 Å². The first-order valence-corrected chi connectivity index (χ1v) is 5.69. The number of hydrogen-bond acceptors (Lipinski definition) is 3. The van der Waals surface area contributed by atoms with Crippen molar-refractivity contribution >= 4 is 5.82 Å². The molecule has 3 nitrogen and oxygen atoms in total. The maximum Gasteiger partial charge on any atom is 0.251 e. The van der Waals surface area contributed by atoms with Crippen LogP contribution in [0.25, 0.3) is 0 Å². The molecule has 0 spiro atoms. The third kappa shape index (κ3) is 3.21. The zero-order chi connectivity index (χ0) is 13.8. The summed E-state index contributed by atoms with van der Waals surface area (Å²) in [5.74, 6) is -3.67. The van der Waals surface area contributed by atoms with Gasteiger partial charge in [0.25, 0.3) is 5.95 Å². The molecular formula is C13H12F3N3. The Morgan fingerprint density at radius 3 is 2.47 bits per heavy atom. The van der Waals surface area contributed by atoms with Crippen LogP contribution in [0.3, 0.4) is 0 Å². The Morgan fingerprint density at radius 2 is 1.79 bits per heavy atom. The average Bonchev–Trinajstić information content (AvgIpc) is 2.41. The van der Waals surface area contributed by atoms with Crippen molar-refractivity contribution in [1.82, 2.24) is 9.97 Å². The average molecular weight is 267 g/mol. The Hall–Kier alpha value is -2.11. The molecule has 2 aromatic heterocycles. The highest BCUT2D eigenvalue weighted by Gasteiger charge is 2.14. The number of halogens is 3. The van der Waals surface area contributed by atoms with Gasteiger partial charge >= 0.3 is 0 Å². The van der Waals surface area contributed by atoms with Gasteiger partial charge in [0, 0.05) is 32.1 Å². The van der Waals surface area contributed by atoms with E-state index in [-0.39, 0.29) is 5.82 Å². The van der Waals surface area contributed by atoms with Crippen molar-refractivity contribution in [2.24, 2.45) is 0 Å². The van der Waals surface area contributed by atoms with Crippen LogP contribution in [0.15, 0.2) is 30.6 Å². The fourth-order valence-electron chi connectivity index (χ4n) is 1.65. The first kappa shape index (κ1) is 13.3. The van der Waals surface area contributed by atoms with E-state index >= 15 is 0 Å². The predicted molar refractivity (Wildman–Crippen MR) is 65.3 cm³/mol. The lowest BCUT2D eigenvalue weighted by Crippen LogP contribution is -2.23. The first-order valence-electron chi connectivity index (χ1n) is 5.69. The number of hydrogen-bond donors (Lipinski definition) is 0. The third-order valence-corrected chi connectivity index (χ3v) is 2.72. The van der Waals surface area contributed by atoms with Crippen molar-refractivity contribution in [1.29, 1.82) is 0 Å². The highest BCUT2D eigenvalue weighted by Crippen LogP contribution is 2.17. The van der Waals surface area contributed by atoms with Gasteiger partial charge in [0.05, 0.1) is 0 Å². The van der Waals surface area contributed by atoms with Crippen molar-refractivity contribution < 1.29 is 13.2 Å². The van der Waals surface area contributed by atoms with Crippen molar-refractivity contribution in [2.45, 2.75) is 6.42 Å². The maximum atomic E-state index is 13.5. The Bertz CT molecular complexity index is 561. The highest BCUT2D eigenvalue weighted by atomic mass is 19.2. The van der Waals surface area contributed by atoms with Gasteiger partial charge in [-0.1, -0.05) is 0 Å². The topological polar surface area (TPSA) is 29.0 Å². The van der Waals surface area contributed by atoms with Gasteiger partial charge in [-0.15, -0.1) is 0 Å². The first-order chi connectivity index (χ1) is 9.08. The molecule has 0 fully saturated rings. The van der Waals surface area contributed by atoms with E-state index in [0.29, 0.717) is 19.0 Å². The fraction of sp³-hybridized carbons (Fsp3) is 0.231. The summed E-state index contributed by atoms with van der Waals surface area (Å²) in [5, 5.41) is 0. The summed E-state index contributed by atoms with van der Waals surface area (Å²) < 4.78 is 39.3. The number of aromatic nitrogens is 2. The Balaban J connectivity index is 2.08. The molecule has 0 aliphatic rings. The molecule has 0 aliphatic carbocycles. The number of likely N-dealkylation sites (N-methyl/N-ethyl adjacent to an activating group) is 1. The van der Waals surface area contributed by atoms with Crippen LogP contribution >= 0.6 is 0 Å². The lowest BCUT2D eigenvalue weighted by Gasteiger charge is -2.18. The van der Waals surface area contributed by atoms with E-state index in [4.69, 9.17) is 0 Å². The van der Waals surface area contributed by atoms with Crippen LogP contribution in [0.1, 0.15) is 5.56 Å². The van der Waals surface area contributed by atoms with Crippen LogP contribution in [0.5, 0.6) is 0 Å². The zero-order valence-corrected chi connectivity index (χ0v) is 10.3. The molecule has 100 valence electrons. The van der Waals surface area contributed by atoms with Crippen LogP contribution in [0.4, 0.5) is 19.0 Å². The number of anilines is 1. The molecule has 0 bridgehead atoms. The largest absolute Gasteiger partial charge is 0.357 e. The van der Waals surface area contributed by atoms with Crippen molar-refractivity contribution in [3.8, 4) is 0 Å². The maximum absolute atomic E-state index is 13.5. The smallest absolute Gasteiger partial charge is 0.251 e. The molecule has 0 saturated heterocycles. The highest BCUT2D eigenvalue weighted by molar-refractivity contribution is 5.39. The van der Waals surface area contributed by atoms with Gasteiger partial charge in [-0.05, 0) is 24.1 Å². The molecule has 0 atom stereocenters. The van der Waals surface area contributed by atoms with E-state index < -0.39 is 17.6 Å². The predicted octanol–water partition coefficient (Wildman–Crippen LogP) is 2.57. The Kier molecular flexibility index (Phi) is 3.99. The van der Waals surface area contributed by atoms with Crippen LogP contribution in [-0.2, 0) is 6.42 Å². The van der Waals surface area contributed by atoms with Gasteiger partial charge < -0.3 is 4.90 Å². The second-order valence-corrected chi connectivity index (χ2v) is 4.09. The fourth-order valence-corrected chi connectivity index (χ4v) is 1.65. The third-order valence-electron chi connectivity index (χ3n) is 2.72. The molecule has 0 unspecified atom stereocenters. The van der Waals surface area contributed by atoms with Gasteiger partial charge in [0.15, 0.2) is 17.5 Å². The van der Waals surface area contributed by atoms with Crippen LogP contribution in [-0.4, -0.2) is 23.6 Å². The van der Waals surface area contributed by atoms with Crippen LogP contribution in [0.2, 0.25) is 0 Å². The molecule has 0 radical (unpaired) electrons. The number of rotatable bonds is 4. The Labute approximate surface area is 108 Å².